The van der Waals surface area contributed by atoms with Crippen LogP contribution in [0.3, 0.4) is 0 Å². The summed E-state index contributed by atoms with van der Waals surface area (Å²) in [5, 5.41) is 12.2. The molecule has 10 heteroatoms. The summed E-state index contributed by atoms with van der Waals surface area (Å²) >= 11 is 1.29. The van der Waals surface area contributed by atoms with E-state index >= 15 is 0 Å². The molecule has 1 N–H and O–H groups in total. The van der Waals surface area contributed by atoms with E-state index in [-0.39, 0.29) is 5.91 Å². The number of nitrogens with one attached hydrogen (secondary N) is 1. The Bertz CT molecular complexity index is 1310. The fourth-order valence-corrected chi connectivity index (χ4v) is 4.47. The fraction of sp³-hybridized carbons (Fsp3) is 0.250. The van der Waals surface area contributed by atoms with Gasteiger partial charge in [-0.25, -0.2) is 9.67 Å². The molecule has 0 bridgehead atoms. The van der Waals surface area contributed by atoms with Crippen LogP contribution < -0.4 is 19.5 Å². The third-order valence-corrected chi connectivity index (χ3v) is 6.43. The van der Waals surface area contributed by atoms with Crippen molar-refractivity contribution in [1.82, 2.24) is 25.3 Å². The second-order valence-corrected chi connectivity index (χ2v) is 8.47. The maximum absolute atomic E-state index is 12.9. The van der Waals surface area contributed by atoms with Crippen molar-refractivity contribution >= 4 is 17.2 Å². The molecule has 2 heterocycles. The van der Waals surface area contributed by atoms with Gasteiger partial charge < -0.3 is 19.5 Å². The molecule has 0 fully saturated rings. The van der Waals surface area contributed by atoms with E-state index < -0.39 is 0 Å². The van der Waals surface area contributed by atoms with Gasteiger partial charge >= 0.3 is 0 Å². The standard InChI is InChI=1S/C24H25N5O4S/c1-14-22(23(30)25-13-16-9-19(32-4)12-20(10-16)33-5)34-24(26-14)21-15(2)29(28-27-21)17-7-6-8-18(11-17)31-3/h6-12H,13H2,1-5H3,(H,25,30). The van der Waals surface area contributed by atoms with Crippen molar-refractivity contribution in [3.05, 3.63) is 64.3 Å². The predicted molar refractivity (Wildman–Crippen MR) is 129 cm³/mol. The summed E-state index contributed by atoms with van der Waals surface area (Å²) in [6, 6.07) is 13.1. The Balaban J connectivity index is 1.54. The highest BCUT2D eigenvalue weighted by Crippen LogP contribution is 2.30. The van der Waals surface area contributed by atoms with Crippen molar-refractivity contribution in [3.8, 4) is 33.6 Å². The first-order valence-electron chi connectivity index (χ1n) is 10.5. The van der Waals surface area contributed by atoms with Crippen LogP contribution in [0.1, 0.15) is 26.6 Å². The maximum atomic E-state index is 12.9. The molecule has 2 aromatic heterocycles. The summed E-state index contributed by atoms with van der Waals surface area (Å²) in [5.41, 5.74) is 3.78. The molecule has 0 radical (unpaired) electrons. The van der Waals surface area contributed by atoms with Crippen molar-refractivity contribution in [1.29, 1.82) is 0 Å². The zero-order chi connectivity index (χ0) is 24.2. The number of carbonyl (C=O) groups is 1. The van der Waals surface area contributed by atoms with E-state index in [1.54, 1.807) is 32.1 Å². The smallest absolute Gasteiger partial charge is 0.263 e. The third-order valence-electron chi connectivity index (χ3n) is 5.26. The minimum Gasteiger partial charge on any atom is -0.497 e. The molecular formula is C24H25N5O4S. The largest absolute Gasteiger partial charge is 0.497 e. The number of hydrogen-bond donors (Lipinski definition) is 1. The van der Waals surface area contributed by atoms with Crippen molar-refractivity contribution in [2.45, 2.75) is 20.4 Å². The first-order valence-corrected chi connectivity index (χ1v) is 11.3. The monoisotopic (exact) mass is 479 g/mol. The second kappa shape index (κ2) is 9.92. The first kappa shape index (κ1) is 23.2. The Hall–Kier alpha value is -3.92. The molecule has 176 valence electrons. The number of aryl methyl sites for hydroxylation is 1. The quantitative estimate of drug-likeness (QED) is 0.408. The summed E-state index contributed by atoms with van der Waals surface area (Å²) in [4.78, 5) is 18.0. The lowest BCUT2D eigenvalue weighted by Crippen LogP contribution is -2.22. The van der Waals surface area contributed by atoms with Crippen LogP contribution in [0.15, 0.2) is 42.5 Å². The molecule has 0 aliphatic heterocycles. The van der Waals surface area contributed by atoms with Crippen LogP contribution in [0.4, 0.5) is 0 Å². The third kappa shape index (κ3) is 4.72. The number of methoxy groups -OCH3 is 3. The number of hydrogen-bond acceptors (Lipinski definition) is 8. The van der Waals surface area contributed by atoms with Gasteiger partial charge in [0.2, 0.25) is 0 Å². The zero-order valence-corrected chi connectivity index (χ0v) is 20.4. The van der Waals surface area contributed by atoms with Gasteiger partial charge in [-0.3, -0.25) is 4.79 Å². The summed E-state index contributed by atoms with van der Waals surface area (Å²) in [7, 11) is 4.80. The molecule has 4 aromatic rings. The van der Waals surface area contributed by atoms with E-state index in [1.807, 2.05) is 50.2 Å². The van der Waals surface area contributed by atoms with Gasteiger partial charge in [-0.05, 0) is 43.7 Å². The molecule has 0 aliphatic rings. The van der Waals surface area contributed by atoms with E-state index in [0.717, 1.165) is 22.7 Å². The lowest BCUT2D eigenvalue weighted by Gasteiger charge is -2.09. The molecule has 0 saturated carbocycles. The molecule has 9 nitrogen and oxygen atoms in total. The van der Waals surface area contributed by atoms with Gasteiger partial charge in [0.05, 0.1) is 38.4 Å². The van der Waals surface area contributed by atoms with E-state index in [1.165, 1.54) is 11.3 Å². The number of nitrogens with zero attached hydrogens (tertiary/aromatic N) is 4. The van der Waals surface area contributed by atoms with Crippen LogP contribution >= 0.6 is 11.3 Å². The minimum absolute atomic E-state index is 0.208. The van der Waals surface area contributed by atoms with Crippen LogP contribution in [0.2, 0.25) is 0 Å². The molecule has 0 saturated heterocycles. The molecule has 2 aromatic carbocycles. The predicted octanol–water partition coefficient (Wildman–Crippen LogP) is 3.96. The summed E-state index contributed by atoms with van der Waals surface area (Å²) in [6.07, 6.45) is 0. The van der Waals surface area contributed by atoms with Crippen LogP contribution in [0.25, 0.3) is 16.4 Å². The summed E-state index contributed by atoms with van der Waals surface area (Å²) < 4.78 is 17.6. The Morgan fingerprint density at radius 1 is 1.00 bits per heavy atom. The summed E-state index contributed by atoms with van der Waals surface area (Å²) in [5.74, 6) is 1.84. The highest BCUT2D eigenvalue weighted by molar-refractivity contribution is 7.17. The van der Waals surface area contributed by atoms with E-state index in [2.05, 4.69) is 20.6 Å². The normalized spacial score (nSPS) is 10.7. The molecular weight excluding hydrogens is 454 g/mol. The van der Waals surface area contributed by atoms with Crippen LogP contribution in [-0.2, 0) is 6.54 Å². The number of aromatic nitrogens is 4. The van der Waals surface area contributed by atoms with Crippen molar-refractivity contribution in [3.63, 3.8) is 0 Å². The van der Waals surface area contributed by atoms with Gasteiger partial charge in [-0.2, -0.15) is 0 Å². The molecule has 4 rings (SSSR count). The first-order chi connectivity index (χ1) is 16.4. The molecule has 1 amide bonds. The van der Waals surface area contributed by atoms with E-state index in [0.29, 0.717) is 39.3 Å². The average molecular weight is 480 g/mol. The average Bonchev–Trinajstić information content (AvgIpc) is 3.44. The SMILES string of the molecule is COc1cc(CNC(=O)c2sc(-c3nnn(-c4cccc(OC)c4)c3C)nc2C)cc(OC)c1. The molecule has 34 heavy (non-hydrogen) atoms. The molecule has 0 unspecified atom stereocenters. The van der Waals surface area contributed by atoms with Gasteiger partial charge in [-0.1, -0.05) is 11.3 Å². The van der Waals surface area contributed by atoms with Crippen molar-refractivity contribution in [2.75, 3.05) is 21.3 Å². The van der Waals surface area contributed by atoms with Gasteiger partial charge in [0, 0.05) is 18.7 Å². The lowest BCUT2D eigenvalue weighted by atomic mass is 10.2. The minimum atomic E-state index is -0.208. The van der Waals surface area contributed by atoms with Gasteiger partial charge in [-0.15, -0.1) is 16.4 Å². The van der Waals surface area contributed by atoms with E-state index in [4.69, 9.17) is 14.2 Å². The topological polar surface area (TPSA) is 100 Å². The number of thiazole rings is 1. The van der Waals surface area contributed by atoms with Gasteiger partial charge in [0.15, 0.2) is 0 Å². The number of amides is 1. The number of rotatable bonds is 8. The highest BCUT2D eigenvalue weighted by Gasteiger charge is 2.21. The lowest BCUT2D eigenvalue weighted by molar-refractivity contribution is 0.0954. The second-order valence-electron chi connectivity index (χ2n) is 7.47. The van der Waals surface area contributed by atoms with Crippen LogP contribution in [0, 0.1) is 13.8 Å². The Morgan fingerprint density at radius 2 is 1.71 bits per heavy atom. The van der Waals surface area contributed by atoms with Crippen LogP contribution in [-0.4, -0.2) is 47.2 Å². The number of carbonyl (C=O) groups excluding carboxylic acids is 1. The Morgan fingerprint density at radius 3 is 2.38 bits per heavy atom. The molecule has 0 atom stereocenters. The van der Waals surface area contributed by atoms with Crippen molar-refractivity contribution < 1.29 is 19.0 Å². The highest BCUT2D eigenvalue weighted by atomic mass is 32.1. The van der Waals surface area contributed by atoms with Crippen molar-refractivity contribution in [2.24, 2.45) is 0 Å². The molecule has 0 spiro atoms. The zero-order valence-electron chi connectivity index (χ0n) is 19.6. The van der Waals surface area contributed by atoms with Gasteiger partial charge in [0.25, 0.3) is 5.91 Å². The summed E-state index contributed by atoms with van der Waals surface area (Å²) in [6.45, 7) is 4.05. The maximum Gasteiger partial charge on any atom is 0.263 e. The number of ether oxygens (including phenoxy) is 3. The Kier molecular flexibility index (Phi) is 6.78. The fourth-order valence-electron chi connectivity index (χ4n) is 3.45. The molecule has 0 aliphatic carbocycles. The number of benzene rings is 2. The van der Waals surface area contributed by atoms with Crippen LogP contribution in [0.5, 0.6) is 17.2 Å². The van der Waals surface area contributed by atoms with E-state index in [9.17, 15) is 4.79 Å². The van der Waals surface area contributed by atoms with Gasteiger partial charge in [0.1, 0.15) is 32.8 Å². The Labute approximate surface area is 201 Å².